The molecule has 7 nitrogen and oxygen atoms in total. The number of carbonyl (C=O) groups is 1. The van der Waals surface area contributed by atoms with Crippen LogP contribution in [0.25, 0.3) is 11.4 Å². The van der Waals surface area contributed by atoms with E-state index in [4.69, 9.17) is 0 Å². The van der Waals surface area contributed by atoms with E-state index in [9.17, 15) is 4.79 Å². The number of aromatic amines is 1. The molecule has 1 fully saturated rings. The Morgan fingerprint density at radius 3 is 3.00 bits per heavy atom. The van der Waals surface area contributed by atoms with Crippen LogP contribution < -0.4 is 5.32 Å². The molecule has 0 aromatic carbocycles. The first-order valence-electron chi connectivity index (χ1n) is 7.17. The topological polar surface area (TPSA) is 86.8 Å². The van der Waals surface area contributed by atoms with Gasteiger partial charge >= 0.3 is 6.03 Å². The number of urea groups is 1. The van der Waals surface area contributed by atoms with Crippen LogP contribution in [0.5, 0.6) is 0 Å². The quantitative estimate of drug-likeness (QED) is 0.884. The van der Waals surface area contributed by atoms with Gasteiger partial charge in [0.25, 0.3) is 0 Å². The summed E-state index contributed by atoms with van der Waals surface area (Å²) in [5.74, 6) is 1.39. The average Bonchev–Trinajstić information content (AvgIpc) is 3.20. The Hall–Kier alpha value is -2.44. The van der Waals surface area contributed by atoms with Crippen LogP contribution in [-0.2, 0) is 6.42 Å². The summed E-state index contributed by atoms with van der Waals surface area (Å²) < 4.78 is 0. The maximum atomic E-state index is 11.8. The molecular formula is C14H18N6O. The minimum absolute atomic E-state index is 0.0134. The lowest BCUT2D eigenvalue weighted by Crippen LogP contribution is -2.38. The van der Waals surface area contributed by atoms with Gasteiger partial charge in [0.2, 0.25) is 0 Å². The summed E-state index contributed by atoms with van der Waals surface area (Å²) in [5, 5.41) is 9.97. The van der Waals surface area contributed by atoms with Crippen LogP contribution in [0.4, 0.5) is 4.79 Å². The molecule has 3 heterocycles. The minimum atomic E-state index is 0.0134. The van der Waals surface area contributed by atoms with Gasteiger partial charge in [-0.2, -0.15) is 5.10 Å². The van der Waals surface area contributed by atoms with E-state index in [1.165, 1.54) is 0 Å². The van der Waals surface area contributed by atoms with Gasteiger partial charge in [-0.3, -0.25) is 10.1 Å². The molecule has 0 radical (unpaired) electrons. The van der Waals surface area contributed by atoms with Crippen molar-refractivity contribution in [2.24, 2.45) is 0 Å². The van der Waals surface area contributed by atoms with Crippen LogP contribution in [0.15, 0.2) is 24.5 Å². The zero-order valence-electron chi connectivity index (χ0n) is 11.7. The van der Waals surface area contributed by atoms with E-state index >= 15 is 0 Å². The van der Waals surface area contributed by atoms with E-state index in [0.29, 0.717) is 18.8 Å². The molecule has 2 N–H and O–H groups in total. The zero-order chi connectivity index (χ0) is 14.5. The van der Waals surface area contributed by atoms with Crippen molar-refractivity contribution >= 4 is 6.03 Å². The highest BCUT2D eigenvalue weighted by molar-refractivity contribution is 5.74. The molecule has 0 atom stereocenters. The molecule has 0 aliphatic carbocycles. The van der Waals surface area contributed by atoms with Crippen molar-refractivity contribution in [3.63, 3.8) is 0 Å². The van der Waals surface area contributed by atoms with Crippen LogP contribution in [0.2, 0.25) is 0 Å². The SMILES string of the molecule is O=C(NCCc1nc(-c2cccnc2)n[nH]1)N1CCCC1. The van der Waals surface area contributed by atoms with Crippen molar-refractivity contribution in [2.45, 2.75) is 19.3 Å². The van der Waals surface area contributed by atoms with E-state index in [1.54, 1.807) is 12.4 Å². The lowest BCUT2D eigenvalue weighted by molar-refractivity contribution is 0.209. The number of hydrogen-bond donors (Lipinski definition) is 2. The van der Waals surface area contributed by atoms with E-state index in [0.717, 1.165) is 37.3 Å². The van der Waals surface area contributed by atoms with Crippen LogP contribution in [-0.4, -0.2) is 50.7 Å². The Bertz CT molecular complexity index is 591. The second-order valence-electron chi connectivity index (χ2n) is 5.02. The van der Waals surface area contributed by atoms with Crippen molar-refractivity contribution in [3.05, 3.63) is 30.4 Å². The van der Waals surface area contributed by atoms with Gasteiger partial charge in [-0.15, -0.1) is 0 Å². The fourth-order valence-electron chi connectivity index (χ4n) is 2.35. The molecule has 1 aliphatic heterocycles. The fraction of sp³-hybridized carbons (Fsp3) is 0.429. The predicted molar refractivity (Wildman–Crippen MR) is 77.5 cm³/mol. The number of nitrogens with zero attached hydrogens (tertiary/aromatic N) is 4. The Kier molecular flexibility index (Phi) is 4.09. The molecule has 110 valence electrons. The summed E-state index contributed by atoms with van der Waals surface area (Å²) in [5.41, 5.74) is 0.876. The Morgan fingerprint density at radius 2 is 2.24 bits per heavy atom. The van der Waals surface area contributed by atoms with Crippen molar-refractivity contribution in [1.82, 2.24) is 30.4 Å². The predicted octanol–water partition coefficient (Wildman–Crippen LogP) is 1.21. The fourth-order valence-corrected chi connectivity index (χ4v) is 2.35. The van der Waals surface area contributed by atoms with Crippen LogP contribution in [0.3, 0.4) is 0 Å². The molecule has 0 saturated carbocycles. The molecule has 21 heavy (non-hydrogen) atoms. The lowest BCUT2D eigenvalue weighted by Gasteiger charge is -2.15. The molecular weight excluding hydrogens is 268 g/mol. The monoisotopic (exact) mass is 286 g/mol. The molecule has 7 heteroatoms. The van der Waals surface area contributed by atoms with Gasteiger partial charge in [0.05, 0.1) is 0 Å². The van der Waals surface area contributed by atoms with Gasteiger partial charge in [0.1, 0.15) is 5.82 Å². The summed E-state index contributed by atoms with van der Waals surface area (Å²) in [6.45, 7) is 2.27. The Morgan fingerprint density at radius 1 is 1.38 bits per heavy atom. The largest absolute Gasteiger partial charge is 0.338 e. The standard InChI is InChI=1S/C14H18N6O/c21-14(20-8-1-2-9-20)16-7-5-12-17-13(19-18-12)11-4-3-6-15-10-11/h3-4,6,10H,1-2,5,7-9H2,(H,16,21)(H,17,18,19). The Labute approximate surface area is 122 Å². The molecule has 1 aliphatic rings. The molecule has 2 amide bonds. The first-order valence-corrected chi connectivity index (χ1v) is 7.17. The minimum Gasteiger partial charge on any atom is -0.338 e. The van der Waals surface area contributed by atoms with Gasteiger partial charge < -0.3 is 10.2 Å². The van der Waals surface area contributed by atoms with E-state index in [2.05, 4.69) is 25.5 Å². The smallest absolute Gasteiger partial charge is 0.317 e. The molecule has 0 unspecified atom stereocenters. The highest BCUT2D eigenvalue weighted by atomic mass is 16.2. The van der Waals surface area contributed by atoms with Gasteiger partial charge in [0.15, 0.2) is 5.82 Å². The van der Waals surface area contributed by atoms with E-state index in [-0.39, 0.29) is 6.03 Å². The highest BCUT2D eigenvalue weighted by Gasteiger charge is 2.17. The number of rotatable bonds is 4. The summed E-state index contributed by atoms with van der Waals surface area (Å²) in [7, 11) is 0. The number of likely N-dealkylation sites (tertiary alicyclic amines) is 1. The molecule has 0 bridgehead atoms. The van der Waals surface area contributed by atoms with Crippen LogP contribution in [0, 0.1) is 0 Å². The van der Waals surface area contributed by atoms with Crippen molar-refractivity contribution in [1.29, 1.82) is 0 Å². The zero-order valence-corrected chi connectivity index (χ0v) is 11.7. The number of H-pyrrole nitrogens is 1. The number of pyridine rings is 1. The van der Waals surface area contributed by atoms with Crippen molar-refractivity contribution in [2.75, 3.05) is 19.6 Å². The average molecular weight is 286 g/mol. The lowest BCUT2D eigenvalue weighted by atomic mass is 10.3. The molecule has 1 saturated heterocycles. The molecule has 2 aromatic rings. The molecule has 2 aromatic heterocycles. The van der Waals surface area contributed by atoms with Gasteiger partial charge in [0, 0.05) is 44.0 Å². The number of hydrogen-bond acceptors (Lipinski definition) is 4. The molecule has 3 rings (SSSR count). The summed E-state index contributed by atoms with van der Waals surface area (Å²) >= 11 is 0. The van der Waals surface area contributed by atoms with E-state index in [1.807, 2.05) is 17.0 Å². The third-order valence-corrected chi connectivity index (χ3v) is 3.48. The first kappa shape index (κ1) is 13.5. The number of carbonyl (C=O) groups excluding carboxylic acids is 1. The summed E-state index contributed by atoms with van der Waals surface area (Å²) in [6, 6.07) is 3.77. The Balaban J connectivity index is 1.50. The van der Waals surface area contributed by atoms with Gasteiger partial charge in [-0.1, -0.05) is 0 Å². The maximum absolute atomic E-state index is 11.8. The summed E-state index contributed by atoms with van der Waals surface area (Å²) in [6.07, 6.45) is 6.27. The second-order valence-corrected chi connectivity index (χ2v) is 5.02. The van der Waals surface area contributed by atoms with Crippen LogP contribution in [0.1, 0.15) is 18.7 Å². The molecule has 0 spiro atoms. The normalized spacial score (nSPS) is 14.4. The van der Waals surface area contributed by atoms with Crippen molar-refractivity contribution in [3.8, 4) is 11.4 Å². The van der Waals surface area contributed by atoms with Gasteiger partial charge in [-0.05, 0) is 25.0 Å². The van der Waals surface area contributed by atoms with Crippen LogP contribution >= 0.6 is 0 Å². The number of aromatic nitrogens is 4. The summed E-state index contributed by atoms with van der Waals surface area (Å²) in [4.78, 5) is 22.1. The maximum Gasteiger partial charge on any atom is 0.317 e. The third-order valence-electron chi connectivity index (χ3n) is 3.48. The van der Waals surface area contributed by atoms with E-state index < -0.39 is 0 Å². The highest BCUT2D eigenvalue weighted by Crippen LogP contribution is 2.12. The second kappa shape index (κ2) is 6.34. The number of nitrogens with one attached hydrogen (secondary N) is 2. The van der Waals surface area contributed by atoms with Crippen molar-refractivity contribution < 1.29 is 4.79 Å². The first-order chi connectivity index (χ1) is 10.3. The third kappa shape index (κ3) is 3.36. The number of amides is 2. The van der Waals surface area contributed by atoms with Gasteiger partial charge in [-0.25, -0.2) is 9.78 Å².